The molecule has 4 aromatic rings. The van der Waals surface area contributed by atoms with Crippen LogP contribution in [0.3, 0.4) is 0 Å². The van der Waals surface area contributed by atoms with Crippen molar-refractivity contribution in [2.24, 2.45) is 0 Å². The number of carbonyl (C=O) groups is 1. The van der Waals surface area contributed by atoms with E-state index in [0.29, 0.717) is 5.69 Å². The second-order valence-electron chi connectivity index (χ2n) is 6.00. The van der Waals surface area contributed by atoms with E-state index in [1.54, 1.807) is 10.9 Å². The fourth-order valence-corrected chi connectivity index (χ4v) is 3.41. The van der Waals surface area contributed by atoms with Gasteiger partial charge in [0.1, 0.15) is 5.69 Å². The number of fused-ring (bicyclic) bond motifs is 1. The van der Waals surface area contributed by atoms with E-state index in [0.717, 1.165) is 23.1 Å². The highest BCUT2D eigenvalue weighted by molar-refractivity contribution is 7.07. The van der Waals surface area contributed by atoms with E-state index in [1.165, 1.54) is 22.5 Å². The maximum Gasteiger partial charge on any atom is 0.275 e. The second kappa shape index (κ2) is 6.53. The van der Waals surface area contributed by atoms with Gasteiger partial charge >= 0.3 is 0 Å². The predicted octanol–water partition coefficient (Wildman–Crippen LogP) is 4.71. The summed E-state index contributed by atoms with van der Waals surface area (Å²) in [6, 6.07) is 16.6. The zero-order chi connectivity index (χ0) is 17.2. The molecule has 25 heavy (non-hydrogen) atoms. The van der Waals surface area contributed by atoms with Crippen molar-refractivity contribution in [3.8, 4) is 0 Å². The first-order valence-corrected chi connectivity index (χ1v) is 8.98. The minimum atomic E-state index is -0.181. The van der Waals surface area contributed by atoms with Gasteiger partial charge in [0.15, 0.2) is 0 Å². The molecule has 1 N–H and O–H groups in total. The number of aromatic nitrogens is 2. The summed E-state index contributed by atoms with van der Waals surface area (Å²) in [7, 11) is 0. The number of hydrogen-bond acceptors (Lipinski definition) is 3. The highest BCUT2D eigenvalue weighted by Crippen LogP contribution is 2.27. The Morgan fingerprint density at radius 1 is 1.16 bits per heavy atom. The molecule has 0 saturated heterocycles. The number of para-hydroxylation sites is 1. The fraction of sp³-hybridized carbons (Fsp3) is 0.100. The summed E-state index contributed by atoms with van der Waals surface area (Å²) >= 11 is 1.41. The number of nitrogens with zero attached hydrogens (tertiary/aromatic N) is 2. The molecule has 0 unspecified atom stereocenters. The summed E-state index contributed by atoms with van der Waals surface area (Å²) in [5.74, 6) is -0.181. The monoisotopic (exact) mass is 347 g/mol. The molecule has 0 saturated carbocycles. The van der Waals surface area contributed by atoms with Crippen LogP contribution in [0.2, 0.25) is 0 Å². The molecule has 4 rings (SSSR count). The van der Waals surface area contributed by atoms with Crippen LogP contribution in [0.1, 0.15) is 21.6 Å². The van der Waals surface area contributed by atoms with Gasteiger partial charge in [-0.05, 0) is 18.6 Å². The minimum Gasteiger partial charge on any atom is -0.341 e. The fourth-order valence-electron chi connectivity index (χ4n) is 2.88. The molecule has 0 aliphatic heterocycles. The standard InChI is InChI=1S/C20H17N3OS/c1-14-6-8-15(9-7-14)10-23-11-17(16-4-2-3-5-19(16)23)22-20(24)18-12-25-13-21-18/h2-9,11-13H,10H2,1H3,(H,22,24). The highest BCUT2D eigenvalue weighted by atomic mass is 32.1. The zero-order valence-electron chi connectivity index (χ0n) is 13.8. The summed E-state index contributed by atoms with van der Waals surface area (Å²) in [6.07, 6.45) is 1.99. The van der Waals surface area contributed by atoms with Gasteiger partial charge in [-0.3, -0.25) is 4.79 Å². The van der Waals surface area contributed by atoms with Gasteiger partial charge in [0.05, 0.1) is 16.7 Å². The van der Waals surface area contributed by atoms with Crippen LogP contribution in [0, 0.1) is 6.92 Å². The van der Waals surface area contributed by atoms with Crippen LogP contribution in [0.5, 0.6) is 0 Å². The Bertz CT molecular complexity index is 1020. The van der Waals surface area contributed by atoms with E-state index in [1.807, 2.05) is 24.4 Å². The van der Waals surface area contributed by atoms with E-state index < -0.39 is 0 Å². The number of nitrogens with one attached hydrogen (secondary N) is 1. The molecule has 1 amide bonds. The van der Waals surface area contributed by atoms with Crippen LogP contribution < -0.4 is 5.32 Å². The summed E-state index contributed by atoms with van der Waals surface area (Å²) in [6.45, 7) is 2.84. The first-order valence-electron chi connectivity index (χ1n) is 8.03. The summed E-state index contributed by atoms with van der Waals surface area (Å²) in [5, 5.41) is 5.76. The molecule has 124 valence electrons. The number of hydrogen-bond donors (Lipinski definition) is 1. The Labute approximate surface area is 149 Å². The molecule has 2 aromatic heterocycles. The molecule has 5 heteroatoms. The van der Waals surface area contributed by atoms with E-state index in [-0.39, 0.29) is 5.91 Å². The molecule has 0 aliphatic rings. The summed E-state index contributed by atoms with van der Waals surface area (Å²) < 4.78 is 2.16. The van der Waals surface area contributed by atoms with E-state index >= 15 is 0 Å². The number of aryl methyl sites for hydroxylation is 1. The Balaban J connectivity index is 1.68. The Kier molecular flexibility index (Phi) is 4.07. The van der Waals surface area contributed by atoms with Gasteiger partial charge in [0, 0.05) is 23.5 Å². The van der Waals surface area contributed by atoms with Gasteiger partial charge in [0.2, 0.25) is 0 Å². The van der Waals surface area contributed by atoms with E-state index in [9.17, 15) is 4.79 Å². The van der Waals surface area contributed by atoms with Crippen molar-refractivity contribution in [3.05, 3.63) is 82.4 Å². The van der Waals surface area contributed by atoms with Crippen LogP contribution in [0.15, 0.2) is 65.6 Å². The quantitative estimate of drug-likeness (QED) is 0.581. The Morgan fingerprint density at radius 3 is 2.72 bits per heavy atom. The first kappa shape index (κ1) is 15.6. The number of amides is 1. The third kappa shape index (κ3) is 3.19. The lowest BCUT2D eigenvalue weighted by molar-refractivity contribution is 0.102. The van der Waals surface area contributed by atoms with Crippen molar-refractivity contribution in [2.45, 2.75) is 13.5 Å². The molecule has 0 bridgehead atoms. The van der Waals surface area contributed by atoms with Crippen molar-refractivity contribution in [3.63, 3.8) is 0 Å². The average Bonchev–Trinajstić information content (AvgIpc) is 3.27. The Hall–Kier alpha value is -2.92. The van der Waals surface area contributed by atoms with Crippen molar-refractivity contribution in [2.75, 3.05) is 5.32 Å². The number of benzene rings is 2. The topological polar surface area (TPSA) is 46.9 Å². The second-order valence-corrected chi connectivity index (χ2v) is 6.72. The maximum atomic E-state index is 12.3. The van der Waals surface area contributed by atoms with Gasteiger partial charge in [-0.2, -0.15) is 0 Å². The molecule has 0 fully saturated rings. The smallest absolute Gasteiger partial charge is 0.275 e. The lowest BCUT2D eigenvalue weighted by atomic mass is 10.1. The molecule has 0 spiro atoms. The van der Waals surface area contributed by atoms with Gasteiger partial charge in [0.25, 0.3) is 5.91 Å². The van der Waals surface area contributed by atoms with Crippen molar-refractivity contribution >= 4 is 33.8 Å². The van der Waals surface area contributed by atoms with Crippen LogP contribution >= 0.6 is 11.3 Å². The molecule has 4 nitrogen and oxygen atoms in total. The largest absolute Gasteiger partial charge is 0.341 e. The summed E-state index contributed by atoms with van der Waals surface area (Å²) in [5.41, 5.74) is 6.48. The SMILES string of the molecule is Cc1ccc(Cn2cc(NC(=O)c3cscn3)c3ccccc32)cc1. The number of rotatable bonds is 4. The summed E-state index contributed by atoms with van der Waals surface area (Å²) in [4.78, 5) is 16.4. The third-order valence-corrected chi connectivity index (χ3v) is 4.76. The van der Waals surface area contributed by atoms with Gasteiger partial charge < -0.3 is 9.88 Å². The molecule has 0 atom stereocenters. The first-order chi connectivity index (χ1) is 12.2. The van der Waals surface area contributed by atoms with E-state index in [4.69, 9.17) is 0 Å². The normalized spacial score (nSPS) is 10.9. The molecule has 0 radical (unpaired) electrons. The van der Waals surface area contributed by atoms with Crippen LogP contribution in [-0.4, -0.2) is 15.5 Å². The van der Waals surface area contributed by atoms with Crippen molar-refractivity contribution in [1.82, 2.24) is 9.55 Å². The van der Waals surface area contributed by atoms with Crippen molar-refractivity contribution < 1.29 is 4.79 Å². The lowest BCUT2D eigenvalue weighted by Crippen LogP contribution is -2.11. The van der Waals surface area contributed by atoms with Gasteiger partial charge in [-0.1, -0.05) is 48.0 Å². The average molecular weight is 347 g/mol. The molecular formula is C20H17N3OS. The minimum absolute atomic E-state index is 0.181. The van der Waals surface area contributed by atoms with Crippen molar-refractivity contribution in [1.29, 1.82) is 0 Å². The van der Waals surface area contributed by atoms with Gasteiger partial charge in [-0.25, -0.2) is 4.98 Å². The maximum absolute atomic E-state index is 12.3. The van der Waals surface area contributed by atoms with Crippen LogP contribution in [0.25, 0.3) is 10.9 Å². The number of carbonyl (C=O) groups excluding carboxylic acids is 1. The molecule has 0 aliphatic carbocycles. The number of anilines is 1. The predicted molar refractivity (Wildman–Crippen MR) is 102 cm³/mol. The molecule has 2 heterocycles. The third-order valence-electron chi connectivity index (χ3n) is 4.18. The Morgan fingerprint density at radius 2 is 1.96 bits per heavy atom. The van der Waals surface area contributed by atoms with Gasteiger partial charge in [-0.15, -0.1) is 11.3 Å². The van der Waals surface area contributed by atoms with Crippen LogP contribution in [0.4, 0.5) is 5.69 Å². The van der Waals surface area contributed by atoms with Crippen LogP contribution in [-0.2, 0) is 6.54 Å². The molecule has 2 aromatic carbocycles. The lowest BCUT2D eigenvalue weighted by Gasteiger charge is -2.05. The number of thiazole rings is 1. The molecular weight excluding hydrogens is 330 g/mol. The van der Waals surface area contributed by atoms with E-state index in [2.05, 4.69) is 52.1 Å². The zero-order valence-corrected chi connectivity index (χ0v) is 14.6. The highest BCUT2D eigenvalue weighted by Gasteiger charge is 2.13.